The summed E-state index contributed by atoms with van der Waals surface area (Å²) in [6, 6.07) is 0.316. The molecule has 0 saturated carbocycles. The van der Waals surface area contributed by atoms with Crippen molar-refractivity contribution in [1.82, 2.24) is 9.97 Å². The van der Waals surface area contributed by atoms with Crippen molar-refractivity contribution in [2.75, 3.05) is 29.9 Å². The second-order valence-electron chi connectivity index (χ2n) is 4.65. The quantitative estimate of drug-likeness (QED) is 0.767. The maximum atomic E-state index is 9.00. The summed E-state index contributed by atoms with van der Waals surface area (Å²) in [6.45, 7) is 8.19. The molecule has 0 bridgehead atoms. The van der Waals surface area contributed by atoms with Crippen molar-refractivity contribution in [2.45, 2.75) is 39.7 Å². The van der Waals surface area contributed by atoms with E-state index in [2.05, 4.69) is 56.9 Å². The molecular weight excluding hydrogens is 308 g/mol. The Bertz CT molecular complexity index is 387. The normalized spacial score (nSPS) is 10.8. The first-order valence-electron chi connectivity index (χ1n) is 6.73. The Morgan fingerprint density at radius 3 is 2.74 bits per heavy atom. The molecule has 108 valence electrons. The summed E-state index contributed by atoms with van der Waals surface area (Å²) in [5, 5.41) is 12.3. The van der Waals surface area contributed by atoms with Crippen molar-refractivity contribution in [3.05, 3.63) is 10.8 Å². The van der Waals surface area contributed by atoms with Gasteiger partial charge in [-0.1, -0.05) is 6.92 Å². The highest BCUT2D eigenvalue weighted by Gasteiger charge is 2.17. The number of nitrogens with zero attached hydrogens (tertiary/aromatic N) is 3. The van der Waals surface area contributed by atoms with Crippen LogP contribution in [0.2, 0.25) is 0 Å². The van der Waals surface area contributed by atoms with Crippen LogP contribution in [-0.4, -0.2) is 40.8 Å². The first-order valence-corrected chi connectivity index (χ1v) is 7.53. The fraction of sp³-hybridized carbons (Fsp3) is 0.692. The Labute approximate surface area is 123 Å². The van der Waals surface area contributed by atoms with Crippen LogP contribution in [0, 0.1) is 0 Å². The third-order valence-corrected chi connectivity index (χ3v) is 3.50. The lowest BCUT2D eigenvalue weighted by molar-refractivity contribution is 0.288. The minimum atomic E-state index is 0.187. The molecule has 0 spiro atoms. The van der Waals surface area contributed by atoms with Gasteiger partial charge in [-0.2, -0.15) is 0 Å². The number of rotatable bonds is 8. The number of aliphatic hydroxyl groups is 1. The van der Waals surface area contributed by atoms with Crippen LogP contribution < -0.4 is 10.2 Å². The summed E-state index contributed by atoms with van der Waals surface area (Å²) in [7, 11) is 0. The van der Waals surface area contributed by atoms with Crippen LogP contribution in [0.25, 0.3) is 0 Å². The van der Waals surface area contributed by atoms with Crippen molar-refractivity contribution in [3.8, 4) is 0 Å². The zero-order chi connectivity index (χ0) is 14.3. The Kier molecular flexibility index (Phi) is 7.09. The fourth-order valence-electron chi connectivity index (χ4n) is 1.78. The van der Waals surface area contributed by atoms with Gasteiger partial charge in [0.05, 0.1) is 0 Å². The number of nitrogens with one attached hydrogen (secondary N) is 1. The zero-order valence-corrected chi connectivity index (χ0v) is 13.4. The van der Waals surface area contributed by atoms with Crippen LogP contribution in [0.1, 0.15) is 33.6 Å². The molecule has 1 heterocycles. The van der Waals surface area contributed by atoms with Crippen LogP contribution in [0.3, 0.4) is 0 Å². The molecule has 6 heteroatoms. The van der Waals surface area contributed by atoms with Crippen LogP contribution in [0.15, 0.2) is 10.8 Å². The molecule has 0 saturated heterocycles. The third kappa shape index (κ3) is 4.62. The summed E-state index contributed by atoms with van der Waals surface area (Å²) in [5.41, 5.74) is 0. The second kappa shape index (κ2) is 8.32. The largest absolute Gasteiger partial charge is 0.396 e. The average Bonchev–Trinajstić information content (AvgIpc) is 2.39. The maximum Gasteiger partial charge on any atom is 0.148 e. The summed E-state index contributed by atoms with van der Waals surface area (Å²) in [4.78, 5) is 10.8. The van der Waals surface area contributed by atoms with E-state index in [1.165, 1.54) is 0 Å². The lowest BCUT2D eigenvalue weighted by Crippen LogP contribution is -2.33. The van der Waals surface area contributed by atoms with Gasteiger partial charge in [-0.15, -0.1) is 0 Å². The summed E-state index contributed by atoms with van der Waals surface area (Å²) in [5.74, 6) is 1.69. The highest BCUT2D eigenvalue weighted by Crippen LogP contribution is 2.30. The number of hydrogen-bond acceptors (Lipinski definition) is 5. The highest BCUT2D eigenvalue weighted by atomic mass is 79.9. The SMILES string of the molecule is CCCNc1ncnc(N(CCCO)C(C)C)c1Br. The molecule has 2 N–H and O–H groups in total. The molecule has 0 radical (unpaired) electrons. The van der Waals surface area contributed by atoms with Gasteiger partial charge < -0.3 is 15.3 Å². The predicted octanol–water partition coefficient (Wildman–Crippen LogP) is 2.66. The zero-order valence-electron chi connectivity index (χ0n) is 11.9. The number of anilines is 2. The molecule has 5 nitrogen and oxygen atoms in total. The van der Waals surface area contributed by atoms with Gasteiger partial charge >= 0.3 is 0 Å². The molecule has 1 rings (SSSR count). The molecule has 0 aliphatic rings. The van der Waals surface area contributed by atoms with Gasteiger partial charge in [-0.05, 0) is 42.6 Å². The molecule has 19 heavy (non-hydrogen) atoms. The van der Waals surface area contributed by atoms with Gasteiger partial charge in [0.1, 0.15) is 22.4 Å². The summed E-state index contributed by atoms with van der Waals surface area (Å²) >= 11 is 3.58. The van der Waals surface area contributed by atoms with Gasteiger partial charge in [-0.3, -0.25) is 0 Å². The predicted molar refractivity (Wildman–Crippen MR) is 82.7 cm³/mol. The molecule has 0 aliphatic carbocycles. The average molecular weight is 331 g/mol. The molecule has 0 aromatic carbocycles. The number of aromatic nitrogens is 2. The van der Waals surface area contributed by atoms with E-state index < -0.39 is 0 Å². The Morgan fingerprint density at radius 2 is 2.16 bits per heavy atom. The van der Waals surface area contributed by atoms with Gasteiger partial charge in [-0.25, -0.2) is 9.97 Å². The Balaban J connectivity index is 2.95. The molecule has 0 atom stereocenters. The van der Waals surface area contributed by atoms with Gasteiger partial charge in [0.25, 0.3) is 0 Å². The number of hydrogen-bond donors (Lipinski definition) is 2. The minimum absolute atomic E-state index is 0.187. The summed E-state index contributed by atoms with van der Waals surface area (Å²) < 4.78 is 0.884. The van der Waals surface area contributed by atoms with Crippen LogP contribution in [0.5, 0.6) is 0 Å². The first-order chi connectivity index (χ1) is 9.11. The maximum absolute atomic E-state index is 9.00. The van der Waals surface area contributed by atoms with Crippen molar-refractivity contribution in [3.63, 3.8) is 0 Å². The summed E-state index contributed by atoms with van der Waals surface area (Å²) in [6.07, 6.45) is 3.35. The Morgan fingerprint density at radius 1 is 1.42 bits per heavy atom. The van der Waals surface area contributed by atoms with Crippen LogP contribution in [-0.2, 0) is 0 Å². The molecule has 1 aromatic rings. The van der Waals surface area contributed by atoms with E-state index in [9.17, 15) is 0 Å². The number of aliphatic hydroxyl groups excluding tert-OH is 1. The van der Waals surface area contributed by atoms with E-state index in [1.54, 1.807) is 6.33 Å². The lowest BCUT2D eigenvalue weighted by Gasteiger charge is -2.28. The fourth-order valence-corrected chi connectivity index (χ4v) is 2.35. The monoisotopic (exact) mass is 330 g/mol. The van der Waals surface area contributed by atoms with Gasteiger partial charge in [0.2, 0.25) is 0 Å². The molecule has 0 amide bonds. The highest BCUT2D eigenvalue weighted by molar-refractivity contribution is 9.10. The smallest absolute Gasteiger partial charge is 0.148 e. The minimum Gasteiger partial charge on any atom is -0.396 e. The molecule has 0 aliphatic heterocycles. The van der Waals surface area contributed by atoms with Crippen molar-refractivity contribution >= 4 is 27.6 Å². The lowest BCUT2D eigenvalue weighted by atomic mass is 10.3. The Hall–Kier alpha value is -0.880. The van der Waals surface area contributed by atoms with Crippen molar-refractivity contribution < 1.29 is 5.11 Å². The number of halogens is 1. The van der Waals surface area contributed by atoms with E-state index in [0.29, 0.717) is 6.04 Å². The van der Waals surface area contributed by atoms with E-state index >= 15 is 0 Å². The van der Waals surface area contributed by atoms with E-state index in [4.69, 9.17) is 5.11 Å². The van der Waals surface area contributed by atoms with E-state index in [-0.39, 0.29) is 6.61 Å². The van der Waals surface area contributed by atoms with Crippen LogP contribution >= 0.6 is 15.9 Å². The van der Waals surface area contributed by atoms with E-state index in [1.807, 2.05) is 0 Å². The van der Waals surface area contributed by atoms with Gasteiger partial charge in [0, 0.05) is 25.7 Å². The first kappa shape index (κ1) is 16.2. The molecular formula is C13H23BrN4O. The van der Waals surface area contributed by atoms with Crippen molar-refractivity contribution in [1.29, 1.82) is 0 Å². The molecule has 0 unspecified atom stereocenters. The van der Waals surface area contributed by atoms with Crippen LogP contribution in [0.4, 0.5) is 11.6 Å². The third-order valence-electron chi connectivity index (χ3n) is 2.77. The molecule has 1 aromatic heterocycles. The topological polar surface area (TPSA) is 61.3 Å². The second-order valence-corrected chi connectivity index (χ2v) is 5.44. The van der Waals surface area contributed by atoms with Crippen molar-refractivity contribution in [2.24, 2.45) is 0 Å². The standard InChI is InChI=1S/C13H23BrN4O/c1-4-6-15-12-11(14)13(17-9-16-12)18(10(2)3)7-5-8-19/h9-10,19H,4-8H2,1-3H3,(H,15,16,17). The molecule has 0 fully saturated rings. The van der Waals surface area contributed by atoms with E-state index in [0.717, 1.165) is 42.0 Å². The van der Waals surface area contributed by atoms with Gasteiger partial charge in [0.15, 0.2) is 0 Å².